The van der Waals surface area contributed by atoms with Gasteiger partial charge in [0.1, 0.15) is 0 Å². The van der Waals surface area contributed by atoms with Crippen LogP contribution in [-0.4, -0.2) is 53.1 Å². The van der Waals surface area contributed by atoms with E-state index in [2.05, 4.69) is 27.1 Å². The summed E-state index contributed by atoms with van der Waals surface area (Å²) in [5.74, 6) is 0. The van der Waals surface area contributed by atoms with E-state index in [1.807, 2.05) is 29.6 Å². The van der Waals surface area contributed by atoms with Crippen LogP contribution in [0, 0.1) is 0 Å². The standard InChI is InChI=1S/C15H17ClN4S2/c1-19-6-8-20(9-7-19)15(21)18-14-17-13(10-22-14)11-4-2-3-5-12(11)16/h2-5,10H,6-9H2,1H3,(H,17,18,21). The maximum atomic E-state index is 6.21. The van der Waals surface area contributed by atoms with Crippen molar-refractivity contribution in [1.82, 2.24) is 14.8 Å². The summed E-state index contributed by atoms with van der Waals surface area (Å²) in [6.45, 7) is 3.96. The number of likely N-dealkylation sites (N-methyl/N-ethyl adjacent to an activating group) is 1. The van der Waals surface area contributed by atoms with Gasteiger partial charge in [0.2, 0.25) is 0 Å². The van der Waals surface area contributed by atoms with Crippen molar-refractivity contribution in [3.05, 3.63) is 34.7 Å². The predicted octanol–water partition coefficient (Wildman–Crippen LogP) is 3.41. The average Bonchev–Trinajstić information content (AvgIpc) is 2.96. The Kier molecular flexibility index (Phi) is 4.93. The number of nitrogens with zero attached hydrogens (tertiary/aromatic N) is 3. The minimum Gasteiger partial charge on any atom is -0.346 e. The first-order chi connectivity index (χ1) is 10.6. The molecule has 1 aromatic carbocycles. The third kappa shape index (κ3) is 3.57. The van der Waals surface area contributed by atoms with Gasteiger partial charge in [-0.1, -0.05) is 29.8 Å². The third-order valence-corrected chi connectivity index (χ3v) is 5.11. The quantitative estimate of drug-likeness (QED) is 0.837. The van der Waals surface area contributed by atoms with Crippen molar-refractivity contribution in [3.63, 3.8) is 0 Å². The average molecular weight is 353 g/mol. The summed E-state index contributed by atoms with van der Waals surface area (Å²) < 4.78 is 0. The van der Waals surface area contributed by atoms with Gasteiger partial charge in [-0.3, -0.25) is 0 Å². The summed E-state index contributed by atoms with van der Waals surface area (Å²) >= 11 is 13.2. The molecule has 0 saturated carbocycles. The van der Waals surface area contributed by atoms with Crippen LogP contribution in [0.5, 0.6) is 0 Å². The molecule has 22 heavy (non-hydrogen) atoms. The number of rotatable bonds is 2. The molecule has 1 aliphatic rings. The van der Waals surface area contributed by atoms with Crippen LogP contribution in [0.25, 0.3) is 11.3 Å². The summed E-state index contributed by atoms with van der Waals surface area (Å²) in [5.41, 5.74) is 1.82. The molecule has 2 aromatic rings. The lowest BCUT2D eigenvalue weighted by Crippen LogP contribution is -2.48. The summed E-state index contributed by atoms with van der Waals surface area (Å²) in [7, 11) is 2.13. The number of hydrogen-bond acceptors (Lipinski definition) is 4. The fourth-order valence-corrected chi connectivity index (χ4v) is 3.59. The van der Waals surface area contributed by atoms with E-state index in [1.54, 1.807) is 11.3 Å². The molecule has 2 heterocycles. The number of thiocarbonyl (C=S) groups is 1. The van der Waals surface area contributed by atoms with E-state index in [1.165, 1.54) is 0 Å². The number of piperazine rings is 1. The maximum absolute atomic E-state index is 6.21. The molecule has 0 unspecified atom stereocenters. The molecule has 0 aliphatic carbocycles. The monoisotopic (exact) mass is 352 g/mol. The molecule has 3 rings (SSSR count). The van der Waals surface area contributed by atoms with Gasteiger partial charge in [-0.25, -0.2) is 4.98 Å². The Hall–Kier alpha value is -1.21. The van der Waals surface area contributed by atoms with Crippen molar-refractivity contribution in [3.8, 4) is 11.3 Å². The zero-order chi connectivity index (χ0) is 15.5. The van der Waals surface area contributed by atoms with Crippen LogP contribution in [0.3, 0.4) is 0 Å². The SMILES string of the molecule is CN1CCN(C(=S)Nc2nc(-c3ccccc3Cl)cs2)CC1. The van der Waals surface area contributed by atoms with Gasteiger partial charge >= 0.3 is 0 Å². The van der Waals surface area contributed by atoms with Crippen molar-refractivity contribution in [2.24, 2.45) is 0 Å². The van der Waals surface area contributed by atoms with Gasteiger partial charge in [0, 0.05) is 42.1 Å². The van der Waals surface area contributed by atoms with Crippen LogP contribution < -0.4 is 5.32 Å². The molecule has 0 radical (unpaired) electrons. The molecule has 4 nitrogen and oxygen atoms in total. The van der Waals surface area contributed by atoms with Gasteiger partial charge in [-0.2, -0.15) is 0 Å². The molecule has 1 saturated heterocycles. The van der Waals surface area contributed by atoms with Crippen molar-refractivity contribution in [2.75, 3.05) is 38.5 Å². The van der Waals surface area contributed by atoms with Crippen LogP contribution in [0.1, 0.15) is 0 Å². The molecule has 1 N–H and O–H groups in total. The molecular formula is C15H17ClN4S2. The van der Waals surface area contributed by atoms with Crippen LogP contribution in [-0.2, 0) is 0 Å². The van der Waals surface area contributed by atoms with Crippen LogP contribution in [0.2, 0.25) is 5.02 Å². The topological polar surface area (TPSA) is 31.4 Å². The van der Waals surface area contributed by atoms with Gasteiger partial charge in [-0.05, 0) is 25.3 Å². The van der Waals surface area contributed by atoms with E-state index in [0.29, 0.717) is 5.02 Å². The molecule has 1 aliphatic heterocycles. The first kappa shape index (κ1) is 15.7. The lowest BCUT2D eigenvalue weighted by molar-refractivity contribution is 0.217. The molecule has 0 spiro atoms. The highest BCUT2D eigenvalue weighted by molar-refractivity contribution is 7.80. The van der Waals surface area contributed by atoms with E-state index in [0.717, 1.165) is 47.7 Å². The number of halogens is 1. The molecule has 116 valence electrons. The van der Waals surface area contributed by atoms with Crippen molar-refractivity contribution < 1.29 is 0 Å². The van der Waals surface area contributed by atoms with Gasteiger partial charge in [0.15, 0.2) is 10.2 Å². The first-order valence-corrected chi connectivity index (χ1v) is 8.75. The van der Waals surface area contributed by atoms with Crippen molar-refractivity contribution >= 4 is 45.4 Å². The lowest BCUT2D eigenvalue weighted by Gasteiger charge is -2.33. The number of nitrogens with one attached hydrogen (secondary N) is 1. The normalized spacial score (nSPS) is 15.8. The fourth-order valence-electron chi connectivity index (χ4n) is 2.30. The highest BCUT2D eigenvalue weighted by Crippen LogP contribution is 2.30. The molecule has 1 fully saturated rings. The van der Waals surface area contributed by atoms with Gasteiger partial charge in [0.05, 0.1) is 5.69 Å². The van der Waals surface area contributed by atoms with Crippen LogP contribution in [0.4, 0.5) is 5.13 Å². The number of thiazole rings is 1. The molecule has 7 heteroatoms. The van der Waals surface area contributed by atoms with E-state index >= 15 is 0 Å². The van der Waals surface area contributed by atoms with Crippen molar-refractivity contribution in [2.45, 2.75) is 0 Å². The van der Waals surface area contributed by atoms with E-state index in [4.69, 9.17) is 23.8 Å². The molecule has 0 bridgehead atoms. The predicted molar refractivity (Wildman–Crippen MR) is 97.9 cm³/mol. The number of anilines is 1. The van der Waals surface area contributed by atoms with Crippen molar-refractivity contribution in [1.29, 1.82) is 0 Å². The Morgan fingerprint density at radius 3 is 2.73 bits per heavy atom. The smallest absolute Gasteiger partial charge is 0.189 e. The maximum Gasteiger partial charge on any atom is 0.189 e. The lowest BCUT2D eigenvalue weighted by atomic mass is 10.2. The summed E-state index contributed by atoms with van der Waals surface area (Å²) in [6, 6.07) is 7.72. The summed E-state index contributed by atoms with van der Waals surface area (Å²) in [6.07, 6.45) is 0. The second-order valence-corrected chi connectivity index (χ2v) is 6.89. The largest absolute Gasteiger partial charge is 0.346 e. The zero-order valence-corrected chi connectivity index (χ0v) is 14.6. The Labute approximate surface area is 144 Å². The molecule has 1 aromatic heterocycles. The number of hydrogen-bond donors (Lipinski definition) is 1. The van der Waals surface area contributed by atoms with Gasteiger partial charge < -0.3 is 15.1 Å². The minimum absolute atomic E-state index is 0.709. The van der Waals surface area contributed by atoms with E-state index in [-0.39, 0.29) is 0 Å². The Morgan fingerprint density at radius 1 is 1.27 bits per heavy atom. The molecular weight excluding hydrogens is 336 g/mol. The second kappa shape index (κ2) is 6.91. The van der Waals surface area contributed by atoms with Gasteiger partial charge in [-0.15, -0.1) is 11.3 Å². The molecule has 0 amide bonds. The Morgan fingerprint density at radius 2 is 2.00 bits per heavy atom. The second-order valence-electron chi connectivity index (χ2n) is 5.24. The van der Waals surface area contributed by atoms with E-state index in [9.17, 15) is 0 Å². The van der Waals surface area contributed by atoms with Gasteiger partial charge in [0.25, 0.3) is 0 Å². The third-order valence-electron chi connectivity index (χ3n) is 3.66. The molecule has 0 atom stereocenters. The first-order valence-electron chi connectivity index (χ1n) is 7.08. The minimum atomic E-state index is 0.709. The highest BCUT2D eigenvalue weighted by Gasteiger charge is 2.17. The Bertz CT molecular complexity index is 665. The van der Waals surface area contributed by atoms with E-state index < -0.39 is 0 Å². The van der Waals surface area contributed by atoms with Crippen LogP contribution in [0.15, 0.2) is 29.6 Å². The summed E-state index contributed by atoms with van der Waals surface area (Å²) in [4.78, 5) is 9.08. The highest BCUT2D eigenvalue weighted by atomic mass is 35.5. The fraction of sp³-hybridized carbons (Fsp3) is 0.333. The number of aromatic nitrogens is 1. The Balaban J connectivity index is 1.67. The number of benzene rings is 1. The summed E-state index contributed by atoms with van der Waals surface area (Å²) in [5, 5.41) is 7.49. The zero-order valence-electron chi connectivity index (χ0n) is 12.3. The van der Waals surface area contributed by atoms with Crippen LogP contribution >= 0.6 is 35.2 Å².